The Hall–Kier alpha value is -1.42. The van der Waals surface area contributed by atoms with Crippen molar-refractivity contribution in [2.45, 2.75) is 6.92 Å². The molecule has 76 valence electrons. The van der Waals surface area contributed by atoms with Crippen LogP contribution >= 0.6 is 15.9 Å². The van der Waals surface area contributed by atoms with Gasteiger partial charge < -0.3 is 4.98 Å². The molecule has 0 amide bonds. The van der Waals surface area contributed by atoms with Gasteiger partial charge in [0.25, 0.3) is 5.56 Å². The highest BCUT2D eigenvalue weighted by molar-refractivity contribution is 9.10. The van der Waals surface area contributed by atoms with Crippen LogP contribution < -0.4 is 5.56 Å². The van der Waals surface area contributed by atoms with E-state index in [4.69, 9.17) is 0 Å². The van der Waals surface area contributed by atoms with Crippen molar-refractivity contribution >= 4 is 15.9 Å². The number of aryl methyl sites for hydroxylation is 1. The molecule has 0 saturated heterocycles. The monoisotopic (exact) mass is 264 g/mol. The Kier molecular flexibility index (Phi) is 2.68. The zero-order chi connectivity index (χ0) is 10.8. The normalized spacial score (nSPS) is 10.3. The first-order valence-electron chi connectivity index (χ1n) is 4.48. The van der Waals surface area contributed by atoms with Crippen molar-refractivity contribution in [2.24, 2.45) is 0 Å². The largest absolute Gasteiger partial charge is 0.323 e. The molecule has 0 fully saturated rings. The van der Waals surface area contributed by atoms with E-state index in [0.29, 0.717) is 5.69 Å². The van der Waals surface area contributed by atoms with Crippen molar-refractivity contribution < 1.29 is 0 Å². The molecule has 0 radical (unpaired) electrons. The minimum absolute atomic E-state index is 0.155. The smallest absolute Gasteiger partial charge is 0.274 e. The lowest BCUT2D eigenvalue weighted by atomic mass is 10.1. The van der Waals surface area contributed by atoms with E-state index in [2.05, 4.69) is 25.9 Å². The van der Waals surface area contributed by atoms with Crippen molar-refractivity contribution in [1.82, 2.24) is 9.97 Å². The third kappa shape index (κ3) is 2.15. The van der Waals surface area contributed by atoms with Gasteiger partial charge in [0.05, 0.1) is 0 Å². The minimum atomic E-state index is -0.155. The van der Waals surface area contributed by atoms with Crippen molar-refractivity contribution in [1.29, 1.82) is 0 Å². The first-order valence-corrected chi connectivity index (χ1v) is 5.28. The van der Waals surface area contributed by atoms with Crippen molar-refractivity contribution in [2.75, 3.05) is 0 Å². The lowest BCUT2D eigenvalue weighted by molar-refractivity contribution is 1.07. The molecule has 0 aliphatic rings. The van der Waals surface area contributed by atoms with E-state index in [1.54, 1.807) is 13.1 Å². The van der Waals surface area contributed by atoms with E-state index in [1.807, 2.05) is 24.3 Å². The average Bonchev–Trinajstić information content (AvgIpc) is 2.20. The Morgan fingerprint density at radius 3 is 2.53 bits per heavy atom. The molecule has 1 aromatic heterocycles. The van der Waals surface area contributed by atoms with Gasteiger partial charge >= 0.3 is 0 Å². The maximum Gasteiger partial charge on any atom is 0.274 e. The minimum Gasteiger partial charge on any atom is -0.323 e. The number of benzene rings is 1. The van der Waals surface area contributed by atoms with Crippen molar-refractivity contribution in [3.63, 3.8) is 0 Å². The second-order valence-electron chi connectivity index (χ2n) is 3.25. The molecule has 2 rings (SSSR count). The predicted molar refractivity (Wildman–Crippen MR) is 62.7 cm³/mol. The molecule has 4 heteroatoms. The molecule has 0 aliphatic heterocycles. The molecule has 0 aliphatic carbocycles. The number of nitrogens with zero attached hydrogens (tertiary/aromatic N) is 1. The number of rotatable bonds is 1. The second kappa shape index (κ2) is 3.98. The van der Waals surface area contributed by atoms with Gasteiger partial charge in [-0.2, -0.15) is 0 Å². The maximum atomic E-state index is 11.6. The van der Waals surface area contributed by atoms with Crippen LogP contribution in [0.2, 0.25) is 0 Å². The van der Waals surface area contributed by atoms with E-state index >= 15 is 0 Å². The van der Waals surface area contributed by atoms with Crippen LogP contribution in [0.5, 0.6) is 0 Å². The zero-order valence-electron chi connectivity index (χ0n) is 8.12. The molecule has 0 spiro atoms. The summed E-state index contributed by atoms with van der Waals surface area (Å²) < 4.78 is 0.981. The van der Waals surface area contributed by atoms with Crippen molar-refractivity contribution in [3.05, 3.63) is 51.0 Å². The standard InChI is InChI=1S/C11H9BrN2O/c1-7-6-13-10(11(15)14-7)8-2-4-9(12)5-3-8/h2-6H,1H3,(H,14,15). The first-order chi connectivity index (χ1) is 7.16. The Bertz CT molecular complexity index is 531. The average molecular weight is 265 g/mol. The van der Waals surface area contributed by atoms with E-state index in [0.717, 1.165) is 15.7 Å². The number of aromatic nitrogens is 2. The molecule has 3 nitrogen and oxygen atoms in total. The lowest BCUT2D eigenvalue weighted by Gasteiger charge is -2.00. The van der Waals surface area contributed by atoms with Gasteiger partial charge in [-0.25, -0.2) is 4.98 Å². The summed E-state index contributed by atoms with van der Waals surface area (Å²) in [5.74, 6) is 0. The molecule has 0 unspecified atom stereocenters. The predicted octanol–water partition coefficient (Wildman–Crippen LogP) is 2.51. The molecule has 2 aromatic rings. The van der Waals surface area contributed by atoms with Crippen LogP contribution in [0.15, 0.2) is 39.7 Å². The molecular formula is C11H9BrN2O. The van der Waals surface area contributed by atoms with Crippen LogP contribution in [0.25, 0.3) is 11.3 Å². The summed E-state index contributed by atoms with van der Waals surface area (Å²) in [6.07, 6.45) is 1.65. The maximum absolute atomic E-state index is 11.6. The summed E-state index contributed by atoms with van der Waals surface area (Å²) >= 11 is 3.34. The van der Waals surface area contributed by atoms with Crippen LogP contribution in [-0.2, 0) is 0 Å². The fourth-order valence-corrected chi connectivity index (χ4v) is 1.57. The third-order valence-electron chi connectivity index (χ3n) is 2.03. The highest BCUT2D eigenvalue weighted by Crippen LogP contribution is 2.16. The number of aromatic amines is 1. The van der Waals surface area contributed by atoms with Crippen LogP contribution in [0.3, 0.4) is 0 Å². The number of hydrogen-bond donors (Lipinski definition) is 1. The molecule has 1 heterocycles. The quantitative estimate of drug-likeness (QED) is 0.861. The molecular weight excluding hydrogens is 256 g/mol. The van der Waals surface area contributed by atoms with Crippen molar-refractivity contribution in [3.8, 4) is 11.3 Å². The first kappa shape index (κ1) is 10.1. The number of nitrogens with one attached hydrogen (secondary N) is 1. The van der Waals surface area contributed by atoms with E-state index < -0.39 is 0 Å². The summed E-state index contributed by atoms with van der Waals surface area (Å²) in [7, 11) is 0. The van der Waals surface area contributed by atoms with Gasteiger partial charge in [-0.15, -0.1) is 0 Å². The van der Waals surface area contributed by atoms with Gasteiger partial charge in [-0.1, -0.05) is 28.1 Å². The van der Waals surface area contributed by atoms with E-state index in [1.165, 1.54) is 0 Å². The number of hydrogen-bond acceptors (Lipinski definition) is 2. The highest BCUT2D eigenvalue weighted by Gasteiger charge is 2.03. The third-order valence-corrected chi connectivity index (χ3v) is 2.56. The fraction of sp³-hybridized carbons (Fsp3) is 0.0909. The molecule has 15 heavy (non-hydrogen) atoms. The summed E-state index contributed by atoms with van der Waals surface area (Å²) in [5.41, 5.74) is 1.88. The fourth-order valence-electron chi connectivity index (χ4n) is 1.30. The molecule has 0 bridgehead atoms. The van der Waals surface area contributed by atoms with Gasteiger partial charge in [0, 0.05) is 21.9 Å². The second-order valence-corrected chi connectivity index (χ2v) is 4.17. The lowest BCUT2D eigenvalue weighted by Crippen LogP contribution is -2.11. The van der Waals surface area contributed by atoms with Gasteiger partial charge in [0.1, 0.15) is 5.69 Å². The topological polar surface area (TPSA) is 45.8 Å². The van der Waals surface area contributed by atoms with E-state index in [-0.39, 0.29) is 5.56 Å². The molecule has 0 saturated carbocycles. The van der Waals surface area contributed by atoms with Gasteiger partial charge in [-0.3, -0.25) is 4.79 Å². The molecule has 1 N–H and O–H groups in total. The zero-order valence-corrected chi connectivity index (χ0v) is 9.71. The van der Waals surface area contributed by atoms with Crippen LogP contribution in [0.1, 0.15) is 5.69 Å². The highest BCUT2D eigenvalue weighted by atomic mass is 79.9. The Labute approximate surface area is 95.3 Å². The van der Waals surface area contributed by atoms with Gasteiger partial charge in [0.2, 0.25) is 0 Å². The van der Waals surface area contributed by atoms with Gasteiger partial charge in [-0.05, 0) is 19.1 Å². The summed E-state index contributed by atoms with van der Waals surface area (Å²) in [4.78, 5) is 18.4. The molecule has 1 aromatic carbocycles. The van der Waals surface area contributed by atoms with Gasteiger partial charge in [0.15, 0.2) is 0 Å². The Morgan fingerprint density at radius 2 is 1.93 bits per heavy atom. The molecule has 0 atom stereocenters. The van der Waals surface area contributed by atoms with Crippen LogP contribution in [-0.4, -0.2) is 9.97 Å². The number of H-pyrrole nitrogens is 1. The summed E-state index contributed by atoms with van der Waals surface area (Å²) in [6, 6.07) is 7.49. The number of halogens is 1. The Morgan fingerprint density at radius 1 is 1.27 bits per heavy atom. The SMILES string of the molecule is Cc1cnc(-c2ccc(Br)cc2)c(=O)[nH]1. The Balaban J connectivity index is 2.55. The van der Waals surface area contributed by atoms with Crippen LogP contribution in [0, 0.1) is 6.92 Å². The van der Waals surface area contributed by atoms with Crippen LogP contribution in [0.4, 0.5) is 0 Å². The van der Waals surface area contributed by atoms with E-state index in [9.17, 15) is 4.79 Å². The summed E-state index contributed by atoms with van der Waals surface area (Å²) in [5, 5.41) is 0. The summed E-state index contributed by atoms with van der Waals surface area (Å²) in [6.45, 7) is 1.81.